The van der Waals surface area contributed by atoms with Crippen LogP contribution >= 0.6 is 0 Å². The van der Waals surface area contributed by atoms with Crippen molar-refractivity contribution in [2.45, 2.75) is 53.0 Å². The Hall–Kier alpha value is -1.88. The molecule has 2 fully saturated rings. The molecule has 0 aliphatic carbocycles. The molecule has 2 aliphatic rings. The predicted octanol–water partition coefficient (Wildman–Crippen LogP) is 3.01. The number of hydrogen-bond donors (Lipinski definition) is 1. The second-order valence-corrected chi connectivity index (χ2v) is 9.19. The van der Waals surface area contributed by atoms with Crippen LogP contribution in [0.15, 0.2) is 24.3 Å². The molecule has 2 amide bonds. The molecule has 2 saturated heterocycles. The van der Waals surface area contributed by atoms with Gasteiger partial charge in [0, 0.05) is 38.1 Å². The second kappa shape index (κ2) is 8.64. The van der Waals surface area contributed by atoms with Crippen LogP contribution in [0.4, 0.5) is 0 Å². The van der Waals surface area contributed by atoms with Gasteiger partial charge in [-0.1, -0.05) is 52.0 Å². The van der Waals surface area contributed by atoms with Gasteiger partial charge >= 0.3 is 0 Å². The standard InChI is InChI=1S/C23H35N3O2/c1-5-17-8-10-18(11-9-17)20-15-24-12-14-26(20)21(27)19-7-6-13-25(16-19)22(28)23(2,3)4/h8-11,19-20,24H,5-7,12-16H2,1-4H3. The fourth-order valence-corrected chi connectivity index (χ4v) is 4.31. The monoisotopic (exact) mass is 385 g/mol. The molecule has 1 N–H and O–H groups in total. The summed E-state index contributed by atoms with van der Waals surface area (Å²) in [6.45, 7) is 11.7. The maximum absolute atomic E-state index is 13.4. The van der Waals surface area contributed by atoms with Crippen molar-refractivity contribution in [3.05, 3.63) is 35.4 Å². The maximum atomic E-state index is 13.4. The fraction of sp³-hybridized carbons (Fsp3) is 0.652. The summed E-state index contributed by atoms with van der Waals surface area (Å²) >= 11 is 0. The van der Waals surface area contributed by atoms with E-state index in [9.17, 15) is 9.59 Å². The highest BCUT2D eigenvalue weighted by Crippen LogP contribution is 2.29. The van der Waals surface area contributed by atoms with Crippen molar-refractivity contribution in [1.29, 1.82) is 0 Å². The number of rotatable bonds is 3. The third kappa shape index (κ3) is 4.57. The summed E-state index contributed by atoms with van der Waals surface area (Å²) in [6.07, 6.45) is 2.80. The number of aryl methyl sites for hydroxylation is 1. The molecular weight excluding hydrogens is 350 g/mol. The minimum atomic E-state index is -0.399. The first-order valence-corrected chi connectivity index (χ1v) is 10.7. The van der Waals surface area contributed by atoms with Crippen LogP contribution < -0.4 is 5.32 Å². The number of carbonyl (C=O) groups is 2. The summed E-state index contributed by atoms with van der Waals surface area (Å²) < 4.78 is 0. The molecule has 154 valence electrons. The zero-order chi connectivity index (χ0) is 20.3. The molecule has 0 spiro atoms. The summed E-state index contributed by atoms with van der Waals surface area (Å²) in [4.78, 5) is 30.1. The lowest BCUT2D eigenvalue weighted by atomic mass is 9.90. The van der Waals surface area contributed by atoms with Gasteiger partial charge in [0.05, 0.1) is 12.0 Å². The predicted molar refractivity (Wildman–Crippen MR) is 112 cm³/mol. The maximum Gasteiger partial charge on any atom is 0.228 e. The van der Waals surface area contributed by atoms with Gasteiger partial charge in [-0.2, -0.15) is 0 Å². The quantitative estimate of drug-likeness (QED) is 0.870. The number of likely N-dealkylation sites (tertiary alicyclic amines) is 1. The van der Waals surface area contributed by atoms with Crippen molar-refractivity contribution in [2.24, 2.45) is 11.3 Å². The van der Waals surface area contributed by atoms with Gasteiger partial charge in [0.2, 0.25) is 11.8 Å². The molecule has 5 heteroatoms. The molecule has 2 aliphatic heterocycles. The van der Waals surface area contributed by atoms with Gasteiger partial charge in [0.25, 0.3) is 0 Å². The molecule has 28 heavy (non-hydrogen) atoms. The molecule has 2 atom stereocenters. The Kier molecular flexibility index (Phi) is 6.43. The second-order valence-electron chi connectivity index (χ2n) is 9.19. The van der Waals surface area contributed by atoms with E-state index in [0.717, 1.165) is 45.4 Å². The van der Waals surface area contributed by atoms with Crippen molar-refractivity contribution in [1.82, 2.24) is 15.1 Å². The number of carbonyl (C=O) groups excluding carboxylic acids is 2. The van der Waals surface area contributed by atoms with E-state index in [1.54, 1.807) is 0 Å². The molecule has 3 rings (SSSR count). The number of hydrogen-bond acceptors (Lipinski definition) is 3. The number of piperidine rings is 1. The van der Waals surface area contributed by atoms with Crippen LogP contribution in [0.2, 0.25) is 0 Å². The SMILES string of the molecule is CCc1ccc(C2CNCCN2C(=O)C2CCCN(C(=O)C(C)(C)C)C2)cc1. The Morgan fingerprint density at radius 1 is 1.14 bits per heavy atom. The van der Waals surface area contributed by atoms with Crippen molar-refractivity contribution >= 4 is 11.8 Å². The van der Waals surface area contributed by atoms with E-state index in [4.69, 9.17) is 0 Å². The number of benzene rings is 1. The molecular formula is C23H35N3O2. The van der Waals surface area contributed by atoms with Gasteiger partial charge in [-0.3, -0.25) is 9.59 Å². The van der Waals surface area contributed by atoms with Gasteiger partial charge in [-0.25, -0.2) is 0 Å². The minimum absolute atomic E-state index is 0.0702. The first kappa shape index (κ1) is 20.8. The topological polar surface area (TPSA) is 52.7 Å². The minimum Gasteiger partial charge on any atom is -0.341 e. The highest BCUT2D eigenvalue weighted by Gasteiger charge is 2.37. The third-order valence-corrected chi connectivity index (χ3v) is 6.00. The van der Waals surface area contributed by atoms with Crippen LogP contribution in [-0.2, 0) is 16.0 Å². The molecule has 5 nitrogen and oxygen atoms in total. The third-order valence-electron chi connectivity index (χ3n) is 6.00. The van der Waals surface area contributed by atoms with Gasteiger partial charge in [-0.05, 0) is 30.4 Å². The number of piperazine rings is 1. The smallest absolute Gasteiger partial charge is 0.228 e. The van der Waals surface area contributed by atoms with Gasteiger partial charge in [0.1, 0.15) is 0 Å². The van der Waals surface area contributed by atoms with Crippen molar-refractivity contribution in [2.75, 3.05) is 32.7 Å². The summed E-state index contributed by atoms with van der Waals surface area (Å²) in [5, 5.41) is 3.44. The zero-order valence-corrected chi connectivity index (χ0v) is 17.8. The average molecular weight is 386 g/mol. The van der Waals surface area contributed by atoms with Crippen LogP contribution in [0.5, 0.6) is 0 Å². The molecule has 0 saturated carbocycles. The van der Waals surface area contributed by atoms with Gasteiger partial charge < -0.3 is 15.1 Å². The summed E-state index contributed by atoms with van der Waals surface area (Å²) in [6, 6.07) is 8.72. The van der Waals surface area contributed by atoms with Crippen molar-refractivity contribution < 1.29 is 9.59 Å². The average Bonchev–Trinajstić information content (AvgIpc) is 2.72. The highest BCUT2D eigenvalue weighted by atomic mass is 16.2. The Labute approximate surface area is 169 Å². The molecule has 0 radical (unpaired) electrons. The van der Waals surface area contributed by atoms with Crippen molar-refractivity contribution in [3.8, 4) is 0 Å². The molecule has 0 aromatic heterocycles. The van der Waals surface area contributed by atoms with E-state index < -0.39 is 5.41 Å². The molecule has 0 bridgehead atoms. The number of amides is 2. The Balaban J connectivity index is 1.74. The Morgan fingerprint density at radius 2 is 1.86 bits per heavy atom. The van der Waals surface area contributed by atoms with Crippen LogP contribution in [0.3, 0.4) is 0 Å². The van der Waals surface area contributed by atoms with E-state index in [2.05, 4.69) is 36.5 Å². The lowest BCUT2D eigenvalue weighted by molar-refractivity contribution is -0.146. The fourth-order valence-electron chi connectivity index (χ4n) is 4.31. The molecule has 1 aromatic carbocycles. The Bertz CT molecular complexity index is 693. The lowest BCUT2D eigenvalue weighted by Crippen LogP contribution is -2.54. The largest absolute Gasteiger partial charge is 0.341 e. The van der Waals surface area contributed by atoms with Gasteiger partial charge in [0.15, 0.2) is 0 Å². The highest BCUT2D eigenvalue weighted by molar-refractivity contribution is 5.84. The van der Waals surface area contributed by atoms with E-state index in [0.29, 0.717) is 6.54 Å². The summed E-state index contributed by atoms with van der Waals surface area (Å²) in [7, 11) is 0. The molecule has 2 heterocycles. The normalized spacial score (nSPS) is 23.6. The van der Waals surface area contributed by atoms with Crippen LogP contribution in [0.1, 0.15) is 57.7 Å². The number of nitrogens with one attached hydrogen (secondary N) is 1. The van der Waals surface area contributed by atoms with E-state index in [1.165, 1.54) is 11.1 Å². The molecule has 2 unspecified atom stereocenters. The Morgan fingerprint density at radius 3 is 2.50 bits per heavy atom. The van der Waals surface area contributed by atoms with Crippen LogP contribution in [0.25, 0.3) is 0 Å². The van der Waals surface area contributed by atoms with E-state index in [-0.39, 0.29) is 23.8 Å². The van der Waals surface area contributed by atoms with E-state index in [1.807, 2.05) is 30.6 Å². The number of nitrogens with zero attached hydrogens (tertiary/aromatic N) is 2. The van der Waals surface area contributed by atoms with Gasteiger partial charge in [-0.15, -0.1) is 0 Å². The van der Waals surface area contributed by atoms with Crippen molar-refractivity contribution in [3.63, 3.8) is 0 Å². The first-order chi connectivity index (χ1) is 13.3. The van der Waals surface area contributed by atoms with E-state index >= 15 is 0 Å². The summed E-state index contributed by atoms with van der Waals surface area (Å²) in [5.74, 6) is 0.269. The lowest BCUT2D eigenvalue weighted by Gasteiger charge is -2.41. The first-order valence-electron chi connectivity index (χ1n) is 10.7. The molecule has 1 aromatic rings. The summed E-state index contributed by atoms with van der Waals surface area (Å²) in [5.41, 5.74) is 2.11. The van der Waals surface area contributed by atoms with Crippen LogP contribution in [-0.4, -0.2) is 54.3 Å². The van der Waals surface area contributed by atoms with Crippen LogP contribution in [0, 0.1) is 11.3 Å². The zero-order valence-electron chi connectivity index (χ0n) is 17.8.